The van der Waals surface area contributed by atoms with Crippen LogP contribution in [0.2, 0.25) is 5.02 Å². The van der Waals surface area contributed by atoms with Crippen LogP contribution in [0.5, 0.6) is 0 Å². The minimum Gasteiger partial charge on any atom is -0.288 e. The van der Waals surface area contributed by atoms with Crippen LogP contribution in [-0.2, 0) is 22.7 Å². The fourth-order valence-corrected chi connectivity index (χ4v) is 5.00. The second-order valence-electron chi connectivity index (χ2n) is 6.27. The largest absolute Gasteiger partial charge is 0.288 e. The van der Waals surface area contributed by atoms with Gasteiger partial charge in [-0.2, -0.15) is 0 Å². The molecule has 0 radical (unpaired) electrons. The van der Waals surface area contributed by atoms with Gasteiger partial charge in [-0.05, 0) is 72.7 Å². The normalized spacial score (nSPS) is 17.0. The molecule has 1 aliphatic rings. The fraction of sp³-hybridized carbons (Fsp3) is 0.278. The van der Waals surface area contributed by atoms with E-state index in [0.717, 1.165) is 24.0 Å². The minimum atomic E-state index is -3.39. The van der Waals surface area contributed by atoms with E-state index in [0.29, 0.717) is 17.0 Å². The molecule has 1 unspecified atom stereocenters. The predicted molar refractivity (Wildman–Crippen MR) is 94.7 cm³/mol. The first-order valence-corrected chi connectivity index (χ1v) is 9.96. The van der Waals surface area contributed by atoms with Crippen LogP contribution in [0.15, 0.2) is 47.4 Å². The summed E-state index contributed by atoms with van der Waals surface area (Å²) in [5.74, 6) is -0.524. The molecule has 5 nitrogen and oxygen atoms in total. The lowest BCUT2D eigenvalue weighted by Gasteiger charge is -2.25. The highest BCUT2D eigenvalue weighted by atomic mass is 35.5. The molecular weight excluding hydrogens is 362 g/mol. The van der Waals surface area contributed by atoms with Gasteiger partial charge in [0.05, 0.1) is 10.6 Å². The maximum absolute atomic E-state index is 12.6. The Bertz CT molecular complexity index is 894. The van der Waals surface area contributed by atoms with Crippen molar-refractivity contribution in [3.63, 3.8) is 0 Å². The Balaban J connectivity index is 1.78. The van der Waals surface area contributed by atoms with Gasteiger partial charge in [-0.15, -0.1) is 0 Å². The predicted octanol–water partition coefficient (Wildman–Crippen LogP) is 3.04. The lowest BCUT2D eigenvalue weighted by atomic mass is 9.84. The molecule has 1 amide bonds. The van der Waals surface area contributed by atoms with Crippen molar-refractivity contribution in [2.75, 3.05) is 5.75 Å². The first-order chi connectivity index (χ1) is 11.9. The van der Waals surface area contributed by atoms with E-state index in [2.05, 4.69) is 0 Å². The molecule has 0 aliphatic heterocycles. The molecule has 2 N–H and O–H groups in total. The van der Waals surface area contributed by atoms with Gasteiger partial charge in [-0.1, -0.05) is 17.7 Å². The lowest BCUT2D eigenvalue weighted by molar-refractivity contribution is 0.0706. The number of sulfone groups is 1. The quantitative estimate of drug-likeness (QED) is 0.631. The molecule has 0 spiro atoms. The van der Waals surface area contributed by atoms with Gasteiger partial charge in [0.25, 0.3) is 5.91 Å². The fourth-order valence-electron chi connectivity index (χ4n) is 3.23. The summed E-state index contributed by atoms with van der Waals surface area (Å²) in [7, 11) is -3.39. The molecule has 132 valence electrons. The van der Waals surface area contributed by atoms with Crippen molar-refractivity contribution in [2.24, 2.45) is 5.92 Å². The SMILES string of the molecule is O=C(NO)c1ccc2c(c1)CC(CS(=O)(=O)c1ccc(Cl)cc1)CC2. The maximum Gasteiger partial charge on any atom is 0.274 e. The van der Waals surface area contributed by atoms with Gasteiger partial charge >= 0.3 is 0 Å². The zero-order valence-electron chi connectivity index (χ0n) is 13.4. The second kappa shape index (κ2) is 7.15. The van der Waals surface area contributed by atoms with Crippen molar-refractivity contribution in [1.29, 1.82) is 0 Å². The van der Waals surface area contributed by atoms with Crippen LogP contribution in [0.4, 0.5) is 0 Å². The highest BCUT2D eigenvalue weighted by Crippen LogP contribution is 2.29. The molecular formula is C18H18ClNO4S. The molecule has 3 rings (SSSR count). The first-order valence-electron chi connectivity index (χ1n) is 7.93. The molecule has 0 saturated carbocycles. The monoisotopic (exact) mass is 379 g/mol. The molecule has 2 aromatic rings. The summed E-state index contributed by atoms with van der Waals surface area (Å²) in [6, 6.07) is 11.5. The summed E-state index contributed by atoms with van der Waals surface area (Å²) < 4.78 is 25.2. The third-order valence-electron chi connectivity index (χ3n) is 4.53. The Morgan fingerprint density at radius 2 is 1.88 bits per heavy atom. The van der Waals surface area contributed by atoms with E-state index in [9.17, 15) is 13.2 Å². The zero-order chi connectivity index (χ0) is 18.0. The number of rotatable bonds is 4. The number of aryl methyl sites for hydroxylation is 1. The summed E-state index contributed by atoms with van der Waals surface area (Å²) in [6.07, 6.45) is 2.15. The average Bonchev–Trinajstić information content (AvgIpc) is 2.60. The van der Waals surface area contributed by atoms with Crippen LogP contribution in [0.3, 0.4) is 0 Å². The number of carbonyl (C=O) groups excluding carboxylic acids is 1. The number of hydroxylamine groups is 1. The number of halogens is 1. The highest BCUT2D eigenvalue weighted by Gasteiger charge is 2.26. The van der Waals surface area contributed by atoms with Gasteiger partial charge in [0.15, 0.2) is 9.84 Å². The molecule has 7 heteroatoms. The van der Waals surface area contributed by atoms with Crippen molar-refractivity contribution in [1.82, 2.24) is 5.48 Å². The Morgan fingerprint density at radius 3 is 2.56 bits per heavy atom. The van der Waals surface area contributed by atoms with Crippen molar-refractivity contribution in [3.05, 3.63) is 64.2 Å². The Kier molecular flexibility index (Phi) is 5.13. The van der Waals surface area contributed by atoms with Gasteiger partial charge in [-0.3, -0.25) is 10.0 Å². The van der Waals surface area contributed by atoms with Crippen molar-refractivity contribution in [3.8, 4) is 0 Å². The molecule has 1 aliphatic carbocycles. The van der Waals surface area contributed by atoms with Gasteiger partial charge in [0.1, 0.15) is 0 Å². The Hall–Kier alpha value is -1.89. The summed E-state index contributed by atoms with van der Waals surface area (Å²) >= 11 is 5.82. The van der Waals surface area contributed by atoms with E-state index < -0.39 is 15.7 Å². The van der Waals surface area contributed by atoms with E-state index in [1.165, 1.54) is 12.1 Å². The second-order valence-corrected chi connectivity index (χ2v) is 8.74. The molecule has 0 aromatic heterocycles. The average molecular weight is 380 g/mol. The Labute approximate surface area is 151 Å². The number of hydrogen-bond acceptors (Lipinski definition) is 4. The van der Waals surface area contributed by atoms with Crippen molar-refractivity contribution in [2.45, 2.75) is 24.2 Å². The third-order valence-corrected chi connectivity index (χ3v) is 6.68. The van der Waals surface area contributed by atoms with Gasteiger partial charge in [-0.25, -0.2) is 13.9 Å². The number of nitrogens with one attached hydrogen (secondary N) is 1. The van der Waals surface area contributed by atoms with E-state index in [-0.39, 0.29) is 16.6 Å². The molecule has 0 saturated heterocycles. The molecule has 0 heterocycles. The van der Waals surface area contributed by atoms with Crippen LogP contribution in [0.1, 0.15) is 27.9 Å². The maximum atomic E-state index is 12.6. The van der Waals surface area contributed by atoms with E-state index in [4.69, 9.17) is 16.8 Å². The molecule has 25 heavy (non-hydrogen) atoms. The summed E-state index contributed by atoms with van der Waals surface area (Å²) in [4.78, 5) is 11.8. The smallest absolute Gasteiger partial charge is 0.274 e. The van der Waals surface area contributed by atoms with E-state index in [1.807, 2.05) is 6.07 Å². The van der Waals surface area contributed by atoms with Crippen molar-refractivity contribution >= 4 is 27.3 Å². The Morgan fingerprint density at radius 1 is 1.16 bits per heavy atom. The first kappa shape index (κ1) is 17.9. The molecule has 0 bridgehead atoms. The number of benzene rings is 2. The van der Waals surface area contributed by atoms with Crippen molar-refractivity contribution < 1.29 is 18.4 Å². The van der Waals surface area contributed by atoms with Gasteiger partial charge in [0.2, 0.25) is 0 Å². The number of amides is 1. The van der Waals surface area contributed by atoms with Crippen LogP contribution < -0.4 is 5.48 Å². The number of fused-ring (bicyclic) bond motifs is 1. The zero-order valence-corrected chi connectivity index (χ0v) is 15.0. The highest BCUT2D eigenvalue weighted by molar-refractivity contribution is 7.91. The van der Waals surface area contributed by atoms with Crippen LogP contribution >= 0.6 is 11.6 Å². The molecule has 2 aromatic carbocycles. The van der Waals surface area contributed by atoms with Crippen LogP contribution in [0.25, 0.3) is 0 Å². The number of hydrogen-bond donors (Lipinski definition) is 2. The number of carbonyl (C=O) groups is 1. The summed E-state index contributed by atoms with van der Waals surface area (Å²) in [5.41, 5.74) is 4.06. The summed E-state index contributed by atoms with van der Waals surface area (Å²) in [5, 5.41) is 9.25. The van der Waals surface area contributed by atoms with Crippen LogP contribution in [0, 0.1) is 5.92 Å². The van der Waals surface area contributed by atoms with Gasteiger partial charge < -0.3 is 0 Å². The molecule has 1 atom stereocenters. The van der Waals surface area contributed by atoms with Gasteiger partial charge in [0, 0.05) is 10.6 Å². The molecule has 0 fully saturated rings. The third kappa shape index (κ3) is 4.03. The standard InChI is InChI=1S/C18H18ClNO4S/c19-16-5-7-17(8-6-16)25(23,24)11-12-1-2-13-3-4-14(18(21)20-22)10-15(13)9-12/h3-8,10,12,22H,1-2,9,11H2,(H,20,21). The van der Waals surface area contributed by atoms with E-state index in [1.54, 1.807) is 29.7 Å². The summed E-state index contributed by atoms with van der Waals surface area (Å²) in [6.45, 7) is 0. The topological polar surface area (TPSA) is 83.5 Å². The minimum absolute atomic E-state index is 0.0133. The van der Waals surface area contributed by atoms with Crippen LogP contribution in [-0.4, -0.2) is 25.3 Å². The van der Waals surface area contributed by atoms with E-state index >= 15 is 0 Å². The lowest BCUT2D eigenvalue weighted by Crippen LogP contribution is -2.24.